The molecule has 2 aromatic rings. The van der Waals surface area contributed by atoms with E-state index in [0.717, 1.165) is 28.2 Å². The van der Waals surface area contributed by atoms with Crippen molar-refractivity contribution in [3.63, 3.8) is 0 Å². The van der Waals surface area contributed by atoms with E-state index in [1.54, 1.807) is 5.38 Å². The highest BCUT2D eigenvalue weighted by atomic mass is 32.1. The zero-order chi connectivity index (χ0) is 11.4. The highest BCUT2D eigenvalue weighted by Gasteiger charge is 1.99. The van der Waals surface area contributed by atoms with Crippen LogP contribution in [0.15, 0.2) is 34.4 Å². The number of aromatic nitrogens is 1. The van der Waals surface area contributed by atoms with Gasteiger partial charge in [-0.1, -0.05) is 29.4 Å². The molecule has 0 bridgehead atoms. The Morgan fingerprint density at radius 3 is 2.56 bits per heavy atom. The van der Waals surface area contributed by atoms with E-state index < -0.39 is 0 Å². The van der Waals surface area contributed by atoms with Gasteiger partial charge in [0, 0.05) is 10.9 Å². The van der Waals surface area contributed by atoms with Crippen molar-refractivity contribution in [2.75, 3.05) is 0 Å². The van der Waals surface area contributed by atoms with Crippen LogP contribution in [0.1, 0.15) is 5.56 Å². The molecule has 0 aliphatic heterocycles. The van der Waals surface area contributed by atoms with Crippen molar-refractivity contribution >= 4 is 17.6 Å². The quantitative estimate of drug-likeness (QED) is 0.597. The Balaban J connectivity index is 2.32. The molecule has 1 heterocycles. The molecule has 0 radical (unpaired) electrons. The second kappa shape index (κ2) is 4.60. The maximum atomic E-state index is 11.0. The maximum Gasteiger partial charge on any atom is 0.304 e. The van der Waals surface area contributed by atoms with Gasteiger partial charge in [0.05, 0.1) is 5.69 Å². The Morgan fingerprint density at radius 1 is 1.25 bits per heavy atom. The average molecular weight is 229 g/mol. The molecule has 0 unspecified atom stereocenters. The number of carbonyl (C=O) groups is 1. The van der Waals surface area contributed by atoms with Crippen LogP contribution >= 0.6 is 11.3 Å². The first kappa shape index (κ1) is 10.4. The third kappa shape index (κ3) is 2.27. The van der Waals surface area contributed by atoms with Gasteiger partial charge in [-0.2, -0.15) is 0 Å². The number of H-pyrrole nitrogens is 1. The molecule has 2 rings (SSSR count). The summed E-state index contributed by atoms with van der Waals surface area (Å²) >= 11 is 1.13. The van der Waals surface area contributed by atoms with E-state index in [9.17, 15) is 9.59 Å². The first-order valence-electron chi connectivity index (χ1n) is 4.53. The van der Waals surface area contributed by atoms with Gasteiger partial charge < -0.3 is 4.98 Å². The van der Waals surface area contributed by atoms with Crippen LogP contribution in [-0.2, 0) is 4.79 Å². The van der Waals surface area contributed by atoms with E-state index >= 15 is 0 Å². The lowest BCUT2D eigenvalue weighted by molar-refractivity contribution is -0.103. The Labute approximate surface area is 95.8 Å². The van der Waals surface area contributed by atoms with Gasteiger partial charge in [-0.25, -0.2) is 0 Å². The number of hydrogen-bond donors (Lipinski definition) is 1. The molecule has 0 fully saturated rings. The molecule has 0 saturated carbocycles. The second-order valence-corrected chi connectivity index (χ2v) is 3.87. The molecular formula is C12H7NO2S. The number of hydrogen-bond acceptors (Lipinski definition) is 3. The lowest BCUT2D eigenvalue weighted by Gasteiger charge is -1.96. The minimum Gasteiger partial charge on any atom is -0.312 e. The summed E-state index contributed by atoms with van der Waals surface area (Å²) in [6, 6.07) is 7.32. The number of thiazole rings is 1. The van der Waals surface area contributed by atoms with Crippen molar-refractivity contribution in [1.82, 2.24) is 4.98 Å². The Kier molecular flexibility index (Phi) is 2.99. The normalized spacial score (nSPS) is 9.25. The summed E-state index contributed by atoms with van der Waals surface area (Å²) in [5.41, 5.74) is 2.49. The summed E-state index contributed by atoms with van der Waals surface area (Å²) in [5.74, 6) is 5.03. The summed E-state index contributed by atoms with van der Waals surface area (Å²) < 4.78 is 0. The summed E-state index contributed by atoms with van der Waals surface area (Å²) in [6.45, 7) is 0. The van der Waals surface area contributed by atoms with Gasteiger partial charge in [0.15, 0.2) is 6.29 Å². The maximum absolute atomic E-state index is 11.0. The monoisotopic (exact) mass is 229 g/mol. The van der Waals surface area contributed by atoms with Crippen LogP contribution in [0.25, 0.3) is 11.3 Å². The van der Waals surface area contributed by atoms with E-state index in [1.807, 2.05) is 24.3 Å². The predicted octanol–water partition coefficient (Wildman–Crippen LogP) is 1.65. The third-order valence-corrected chi connectivity index (χ3v) is 2.66. The molecule has 0 amide bonds. The summed E-state index contributed by atoms with van der Waals surface area (Å²) in [6.07, 6.45) is 0.560. The van der Waals surface area contributed by atoms with Crippen LogP contribution in [0.3, 0.4) is 0 Å². The second-order valence-electron chi connectivity index (χ2n) is 3.03. The molecule has 1 aromatic heterocycles. The van der Waals surface area contributed by atoms with Crippen molar-refractivity contribution in [3.8, 4) is 23.1 Å². The number of rotatable bonds is 1. The molecule has 78 valence electrons. The molecule has 0 spiro atoms. The van der Waals surface area contributed by atoms with E-state index in [1.165, 1.54) is 0 Å². The van der Waals surface area contributed by atoms with E-state index in [0.29, 0.717) is 6.29 Å². The lowest BCUT2D eigenvalue weighted by Crippen LogP contribution is -1.92. The number of aromatic amines is 1. The predicted molar refractivity (Wildman–Crippen MR) is 63.3 cm³/mol. The fourth-order valence-electron chi connectivity index (χ4n) is 1.27. The zero-order valence-corrected chi connectivity index (χ0v) is 9.01. The molecule has 4 heteroatoms. The number of aldehydes is 1. The zero-order valence-electron chi connectivity index (χ0n) is 8.19. The van der Waals surface area contributed by atoms with Crippen LogP contribution in [0.5, 0.6) is 0 Å². The van der Waals surface area contributed by atoms with Gasteiger partial charge >= 0.3 is 4.87 Å². The highest BCUT2D eigenvalue weighted by molar-refractivity contribution is 7.07. The molecule has 16 heavy (non-hydrogen) atoms. The van der Waals surface area contributed by atoms with Gasteiger partial charge in [0.25, 0.3) is 0 Å². The fraction of sp³-hybridized carbons (Fsp3) is 0. The first-order chi connectivity index (χ1) is 7.79. The third-order valence-electron chi connectivity index (χ3n) is 1.99. The van der Waals surface area contributed by atoms with Crippen molar-refractivity contribution < 1.29 is 4.79 Å². The minimum absolute atomic E-state index is 0.0696. The lowest BCUT2D eigenvalue weighted by atomic mass is 10.1. The van der Waals surface area contributed by atoms with Gasteiger partial charge in [-0.05, 0) is 23.6 Å². The van der Waals surface area contributed by atoms with Crippen molar-refractivity contribution in [1.29, 1.82) is 0 Å². The van der Waals surface area contributed by atoms with E-state index in [-0.39, 0.29) is 4.87 Å². The van der Waals surface area contributed by atoms with Crippen LogP contribution in [0, 0.1) is 11.8 Å². The Morgan fingerprint density at radius 2 is 2.00 bits per heavy atom. The smallest absolute Gasteiger partial charge is 0.304 e. The van der Waals surface area contributed by atoms with E-state index in [2.05, 4.69) is 16.8 Å². The van der Waals surface area contributed by atoms with Crippen LogP contribution < -0.4 is 4.87 Å². The standard InChI is InChI=1S/C12H7NO2S/c14-7-1-2-9-3-5-10(6-4-9)11-8-16-12(15)13-11/h3-8H,(H,13,15). The van der Waals surface area contributed by atoms with Crippen LogP contribution in [0.2, 0.25) is 0 Å². The van der Waals surface area contributed by atoms with E-state index in [4.69, 9.17) is 0 Å². The first-order valence-corrected chi connectivity index (χ1v) is 5.41. The molecule has 1 aromatic carbocycles. The minimum atomic E-state index is -0.0696. The molecule has 1 N–H and O–H groups in total. The van der Waals surface area contributed by atoms with Crippen LogP contribution in [0.4, 0.5) is 0 Å². The van der Waals surface area contributed by atoms with Gasteiger partial charge in [-0.15, -0.1) is 0 Å². The number of nitrogens with one attached hydrogen (secondary N) is 1. The summed E-state index contributed by atoms with van der Waals surface area (Å²) in [4.78, 5) is 23.7. The van der Waals surface area contributed by atoms with Gasteiger partial charge in [-0.3, -0.25) is 9.59 Å². The number of benzene rings is 1. The molecular weight excluding hydrogens is 222 g/mol. The topological polar surface area (TPSA) is 49.9 Å². The summed E-state index contributed by atoms with van der Waals surface area (Å²) in [7, 11) is 0. The van der Waals surface area contributed by atoms with Crippen molar-refractivity contribution in [2.45, 2.75) is 0 Å². The number of carbonyl (C=O) groups excluding carboxylic acids is 1. The molecule has 0 atom stereocenters. The van der Waals surface area contributed by atoms with Gasteiger partial charge in [0.2, 0.25) is 0 Å². The fourth-order valence-corrected chi connectivity index (χ4v) is 1.86. The van der Waals surface area contributed by atoms with Crippen molar-refractivity contribution in [3.05, 3.63) is 44.9 Å². The molecule has 0 aliphatic carbocycles. The molecule has 3 nitrogen and oxygen atoms in total. The van der Waals surface area contributed by atoms with Crippen molar-refractivity contribution in [2.24, 2.45) is 0 Å². The largest absolute Gasteiger partial charge is 0.312 e. The summed E-state index contributed by atoms with van der Waals surface area (Å²) in [5, 5.41) is 1.77. The van der Waals surface area contributed by atoms with Crippen LogP contribution in [-0.4, -0.2) is 11.3 Å². The SMILES string of the molecule is O=CC#Cc1ccc(-c2csc(=O)[nH]2)cc1. The molecule has 0 aliphatic rings. The molecule has 0 saturated heterocycles. The Bertz CT molecular complexity index is 611. The Hall–Kier alpha value is -2.12. The highest BCUT2D eigenvalue weighted by Crippen LogP contribution is 2.17. The van der Waals surface area contributed by atoms with Gasteiger partial charge in [0.1, 0.15) is 0 Å². The average Bonchev–Trinajstić information content (AvgIpc) is 2.74.